The molecule has 2 aromatic heterocycles. The molecule has 1 N–H and O–H groups in total. The van der Waals surface area contributed by atoms with Crippen LogP contribution in [0.25, 0.3) is 22.5 Å². The molecule has 3 aromatic rings. The SMILES string of the molecule is Cn1ccc(-c2cc3c(c4c2OCC4)CCn2cc(C(=O)O)c(=O)cc2-3)n1. The van der Waals surface area contributed by atoms with Gasteiger partial charge < -0.3 is 14.4 Å². The number of aromatic carboxylic acids is 1. The third-order valence-electron chi connectivity index (χ3n) is 5.32. The van der Waals surface area contributed by atoms with Crippen LogP contribution in [0.15, 0.2) is 35.4 Å². The maximum Gasteiger partial charge on any atom is 0.341 e. The van der Waals surface area contributed by atoms with E-state index >= 15 is 0 Å². The van der Waals surface area contributed by atoms with Crippen LogP contribution in [-0.2, 0) is 26.4 Å². The monoisotopic (exact) mass is 363 g/mol. The number of hydrogen-bond acceptors (Lipinski definition) is 4. The van der Waals surface area contributed by atoms with Gasteiger partial charge in [0.2, 0.25) is 0 Å². The molecule has 0 amide bonds. The Hall–Kier alpha value is -3.35. The van der Waals surface area contributed by atoms with Crippen LogP contribution in [0.2, 0.25) is 0 Å². The molecule has 7 nitrogen and oxygen atoms in total. The van der Waals surface area contributed by atoms with Crippen molar-refractivity contribution in [2.75, 3.05) is 6.61 Å². The van der Waals surface area contributed by atoms with E-state index in [-0.39, 0.29) is 5.56 Å². The molecule has 0 saturated heterocycles. The number of rotatable bonds is 2. The largest absolute Gasteiger partial charge is 0.492 e. The van der Waals surface area contributed by atoms with Crippen LogP contribution >= 0.6 is 0 Å². The van der Waals surface area contributed by atoms with E-state index in [2.05, 4.69) is 5.10 Å². The minimum absolute atomic E-state index is 0.198. The number of ether oxygens (including phenoxy) is 1. The smallest absolute Gasteiger partial charge is 0.341 e. The van der Waals surface area contributed by atoms with Crippen LogP contribution in [0.4, 0.5) is 0 Å². The summed E-state index contributed by atoms with van der Waals surface area (Å²) in [7, 11) is 1.87. The van der Waals surface area contributed by atoms with Crippen LogP contribution in [0.3, 0.4) is 0 Å². The second-order valence-electron chi connectivity index (χ2n) is 6.92. The van der Waals surface area contributed by atoms with E-state index in [1.54, 1.807) is 4.68 Å². The van der Waals surface area contributed by atoms with Gasteiger partial charge in [0.1, 0.15) is 11.3 Å². The van der Waals surface area contributed by atoms with E-state index < -0.39 is 11.4 Å². The number of carboxylic acid groups (broad SMARTS) is 1. The first-order chi connectivity index (χ1) is 13.0. The molecule has 5 rings (SSSR count). The molecule has 0 saturated carbocycles. The Morgan fingerprint density at radius 2 is 2.07 bits per heavy atom. The summed E-state index contributed by atoms with van der Waals surface area (Å²) in [5.74, 6) is -0.317. The van der Waals surface area contributed by atoms with Crippen molar-refractivity contribution >= 4 is 5.97 Å². The predicted octanol–water partition coefficient (Wildman–Crippen LogP) is 2.10. The topological polar surface area (TPSA) is 86.4 Å². The minimum atomic E-state index is -1.20. The van der Waals surface area contributed by atoms with Crippen molar-refractivity contribution in [1.82, 2.24) is 14.3 Å². The Morgan fingerprint density at radius 3 is 2.81 bits per heavy atom. The number of fused-ring (bicyclic) bond motifs is 5. The van der Waals surface area contributed by atoms with Crippen molar-refractivity contribution in [2.45, 2.75) is 19.4 Å². The fraction of sp³-hybridized carbons (Fsp3) is 0.250. The van der Waals surface area contributed by atoms with E-state index in [1.165, 1.54) is 23.4 Å². The number of aromatic nitrogens is 3. The first-order valence-electron chi connectivity index (χ1n) is 8.82. The molecule has 0 aliphatic carbocycles. The van der Waals surface area contributed by atoms with Gasteiger partial charge >= 0.3 is 5.97 Å². The zero-order chi connectivity index (χ0) is 18.7. The summed E-state index contributed by atoms with van der Waals surface area (Å²) in [6.45, 7) is 1.27. The quantitative estimate of drug-likeness (QED) is 0.754. The molecule has 0 unspecified atom stereocenters. The first kappa shape index (κ1) is 15.9. The Morgan fingerprint density at radius 1 is 1.22 bits per heavy atom. The first-order valence-corrected chi connectivity index (χ1v) is 8.82. The van der Waals surface area contributed by atoms with Crippen molar-refractivity contribution in [3.05, 3.63) is 57.5 Å². The van der Waals surface area contributed by atoms with Gasteiger partial charge in [-0.05, 0) is 24.1 Å². The third-order valence-corrected chi connectivity index (χ3v) is 5.32. The number of pyridine rings is 1. The molecular formula is C20H17N3O4. The molecule has 0 fully saturated rings. The molecule has 0 radical (unpaired) electrons. The van der Waals surface area contributed by atoms with Crippen molar-refractivity contribution < 1.29 is 14.6 Å². The van der Waals surface area contributed by atoms with Crippen molar-refractivity contribution in [3.63, 3.8) is 0 Å². The molecule has 4 heterocycles. The van der Waals surface area contributed by atoms with Gasteiger partial charge in [-0.25, -0.2) is 4.79 Å². The summed E-state index contributed by atoms with van der Waals surface area (Å²) in [6, 6.07) is 5.39. The average molecular weight is 363 g/mol. The van der Waals surface area contributed by atoms with E-state index in [4.69, 9.17) is 4.74 Å². The third kappa shape index (κ3) is 2.31. The molecule has 7 heteroatoms. The van der Waals surface area contributed by atoms with Gasteiger partial charge in [-0.15, -0.1) is 0 Å². The van der Waals surface area contributed by atoms with Gasteiger partial charge in [0.25, 0.3) is 0 Å². The lowest BCUT2D eigenvalue weighted by atomic mass is 9.88. The number of benzene rings is 1. The number of aryl methyl sites for hydroxylation is 2. The highest BCUT2D eigenvalue weighted by molar-refractivity contribution is 5.88. The van der Waals surface area contributed by atoms with E-state index in [0.29, 0.717) is 13.2 Å². The Balaban J connectivity index is 1.78. The van der Waals surface area contributed by atoms with Crippen LogP contribution in [0.1, 0.15) is 21.5 Å². The maximum absolute atomic E-state index is 12.3. The molecule has 0 spiro atoms. The fourth-order valence-electron chi connectivity index (χ4n) is 4.09. The van der Waals surface area contributed by atoms with Crippen LogP contribution in [-0.4, -0.2) is 32.0 Å². The molecule has 27 heavy (non-hydrogen) atoms. The molecule has 1 aromatic carbocycles. The number of carbonyl (C=O) groups is 1. The molecule has 0 atom stereocenters. The summed E-state index contributed by atoms with van der Waals surface area (Å²) in [5, 5.41) is 13.8. The van der Waals surface area contributed by atoms with E-state index in [0.717, 1.165) is 41.1 Å². The van der Waals surface area contributed by atoms with Crippen molar-refractivity contribution in [2.24, 2.45) is 7.05 Å². The molecule has 136 valence electrons. The Bertz CT molecular complexity index is 1170. The van der Waals surface area contributed by atoms with Gasteiger partial charge in [0, 0.05) is 55.2 Å². The van der Waals surface area contributed by atoms with Gasteiger partial charge in [-0.3, -0.25) is 9.48 Å². The Kier molecular flexibility index (Phi) is 3.28. The second-order valence-corrected chi connectivity index (χ2v) is 6.92. The zero-order valence-corrected chi connectivity index (χ0v) is 14.7. The molecule has 2 aliphatic heterocycles. The van der Waals surface area contributed by atoms with Gasteiger partial charge in [-0.1, -0.05) is 0 Å². The minimum Gasteiger partial charge on any atom is -0.492 e. The van der Waals surface area contributed by atoms with Crippen molar-refractivity contribution in [3.8, 4) is 28.3 Å². The molecule has 2 aliphatic rings. The summed E-state index contributed by atoms with van der Waals surface area (Å²) in [5.41, 5.74) is 5.12. The summed E-state index contributed by atoms with van der Waals surface area (Å²) in [4.78, 5) is 23.6. The van der Waals surface area contributed by atoms with Crippen molar-refractivity contribution in [1.29, 1.82) is 0 Å². The van der Waals surface area contributed by atoms with Gasteiger partial charge in [0.05, 0.1) is 18.0 Å². The highest BCUT2D eigenvalue weighted by atomic mass is 16.5. The van der Waals surface area contributed by atoms with E-state index in [9.17, 15) is 14.7 Å². The Labute approximate surface area is 154 Å². The highest BCUT2D eigenvalue weighted by Gasteiger charge is 2.29. The lowest BCUT2D eigenvalue weighted by molar-refractivity contribution is 0.0694. The lowest BCUT2D eigenvalue weighted by Gasteiger charge is -2.25. The zero-order valence-electron chi connectivity index (χ0n) is 14.7. The second kappa shape index (κ2) is 5.57. The van der Waals surface area contributed by atoms with Crippen LogP contribution < -0.4 is 10.2 Å². The number of nitrogens with zero attached hydrogens (tertiary/aromatic N) is 3. The van der Waals surface area contributed by atoms with Gasteiger partial charge in [-0.2, -0.15) is 5.10 Å². The number of carboxylic acids is 1. The standard InChI is InChI=1S/C20H17N3O4/c1-22-5-3-16(21-22)14-8-13-11(12-4-7-27-19(12)14)2-6-23-10-15(20(25)26)18(24)9-17(13)23/h3,5,8-10H,2,4,6-7H2,1H3,(H,25,26). The van der Waals surface area contributed by atoms with Gasteiger partial charge in [0.15, 0.2) is 5.43 Å². The molecule has 0 bridgehead atoms. The highest BCUT2D eigenvalue weighted by Crippen LogP contribution is 2.44. The fourth-order valence-corrected chi connectivity index (χ4v) is 4.09. The van der Waals surface area contributed by atoms with Crippen LogP contribution in [0, 0.1) is 0 Å². The van der Waals surface area contributed by atoms with Crippen LogP contribution in [0.5, 0.6) is 5.75 Å². The predicted molar refractivity (Wildman–Crippen MR) is 98.2 cm³/mol. The summed E-state index contributed by atoms with van der Waals surface area (Å²) in [6.07, 6.45) is 4.94. The normalized spacial score (nSPS) is 14.3. The number of hydrogen-bond donors (Lipinski definition) is 1. The average Bonchev–Trinajstić information content (AvgIpc) is 3.29. The lowest BCUT2D eigenvalue weighted by Crippen LogP contribution is -2.22. The van der Waals surface area contributed by atoms with E-state index in [1.807, 2.05) is 29.9 Å². The summed E-state index contributed by atoms with van der Waals surface area (Å²) < 4.78 is 9.53. The molecular weight excluding hydrogens is 346 g/mol. The summed E-state index contributed by atoms with van der Waals surface area (Å²) >= 11 is 0. The maximum atomic E-state index is 12.3.